The first kappa shape index (κ1) is 16.6. The summed E-state index contributed by atoms with van der Waals surface area (Å²) in [5.74, 6) is 0. The minimum atomic E-state index is 0.803. The van der Waals surface area contributed by atoms with Crippen LogP contribution in [0.4, 0.5) is 0 Å². The summed E-state index contributed by atoms with van der Waals surface area (Å²) in [7, 11) is 0. The Kier molecular flexibility index (Phi) is 3.64. The van der Waals surface area contributed by atoms with Crippen molar-refractivity contribution < 1.29 is 0 Å². The number of aromatic amines is 2. The number of fused-ring (bicyclic) bond motifs is 2. The molecule has 7 nitrogen and oxygen atoms in total. The number of H-pyrrole nitrogens is 2. The predicted octanol–water partition coefficient (Wildman–Crippen LogP) is 4.63. The molecule has 0 bridgehead atoms. The summed E-state index contributed by atoms with van der Waals surface area (Å²) >= 11 is 0. The Morgan fingerprint density at radius 3 is 2.57 bits per heavy atom. The van der Waals surface area contributed by atoms with E-state index >= 15 is 0 Å². The molecule has 6 aromatic rings. The lowest BCUT2D eigenvalue weighted by atomic mass is 10.0. The van der Waals surface area contributed by atoms with E-state index in [1.54, 1.807) is 24.8 Å². The zero-order valence-electron chi connectivity index (χ0n) is 15.7. The van der Waals surface area contributed by atoms with E-state index in [2.05, 4.69) is 47.2 Å². The number of hydrogen-bond donors (Lipinski definition) is 2. The van der Waals surface area contributed by atoms with Gasteiger partial charge in [-0.1, -0.05) is 12.1 Å². The Balaban J connectivity index is 1.52. The highest BCUT2D eigenvalue weighted by atomic mass is 15.1. The topological polar surface area (TPSA) is 96.0 Å². The van der Waals surface area contributed by atoms with Gasteiger partial charge in [-0.05, 0) is 42.0 Å². The highest BCUT2D eigenvalue weighted by Gasteiger charge is 2.15. The van der Waals surface area contributed by atoms with Gasteiger partial charge >= 0.3 is 0 Å². The van der Waals surface area contributed by atoms with Gasteiger partial charge in [-0.3, -0.25) is 10.1 Å². The first-order valence-corrected chi connectivity index (χ1v) is 9.50. The van der Waals surface area contributed by atoms with Crippen molar-refractivity contribution in [3.63, 3.8) is 0 Å². The Morgan fingerprint density at radius 1 is 0.767 bits per heavy atom. The van der Waals surface area contributed by atoms with Gasteiger partial charge in [-0.25, -0.2) is 15.0 Å². The van der Waals surface area contributed by atoms with Gasteiger partial charge in [0.2, 0.25) is 0 Å². The van der Waals surface area contributed by atoms with Crippen molar-refractivity contribution in [3.05, 3.63) is 79.6 Å². The standard InChI is InChI=1S/C23H15N7/c1-2-7-26-19(3-1)16-6-8-27-23-17(16)10-21(28-23)22-18-9-14(4-5-20(18)29-30-22)15-11-24-13-25-12-15/h1-13H,(H,27,28)(H,29,30). The first-order valence-electron chi connectivity index (χ1n) is 9.50. The van der Waals surface area contributed by atoms with Crippen molar-refractivity contribution in [2.24, 2.45) is 0 Å². The zero-order valence-corrected chi connectivity index (χ0v) is 15.7. The molecule has 30 heavy (non-hydrogen) atoms. The molecule has 5 aromatic heterocycles. The van der Waals surface area contributed by atoms with Crippen molar-refractivity contribution >= 4 is 21.9 Å². The van der Waals surface area contributed by atoms with E-state index < -0.39 is 0 Å². The maximum Gasteiger partial charge on any atom is 0.138 e. The molecule has 0 aliphatic rings. The molecule has 0 saturated heterocycles. The summed E-state index contributed by atoms with van der Waals surface area (Å²) in [4.78, 5) is 20.7. The van der Waals surface area contributed by atoms with Crippen LogP contribution in [0.2, 0.25) is 0 Å². The number of nitrogens with zero attached hydrogens (tertiary/aromatic N) is 5. The summed E-state index contributed by atoms with van der Waals surface area (Å²) in [5, 5.41) is 9.71. The fourth-order valence-corrected chi connectivity index (χ4v) is 3.75. The first-order chi connectivity index (χ1) is 14.9. The van der Waals surface area contributed by atoms with Crippen molar-refractivity contribution in [2.45, 2.75) is 0 Å². The quantitative estimate of drug-likeness (QED) is 0.460. The molecule has 7 heteroatoms. The lowest BCUT2D eigenvalue weighted by molar-refractivity contribution is 1.12. The van der Waals surface area contributed by atoms with Crippen LogP contribution < -0.4 is 0 Å². The van der Waals surface area contributed by atoms with Gasteiger partial charge in [0.05, 0.1) is 16.9 Å². The maximum atomic E-state index is 4.57. The van der Waals surface area contributed by atoms with Gasteiger partial charge in [0.1, 0.15) is 17.7 Å². The number of pyridine rings is 2. The molecule has 0 unspecified atom stereocenters. The average Bonchev–Trinajstić information content (AvgIpc) is 3.43. The molecule has 1 aromatic carbocycles. The SMILES string of the molecule is c1ccc(-c2ccnc3[nH]c(-c4n[nH]c5ccc(-c6cncnc6)cc45)cc23)nc1. The van der Waals surface area contributed by atoms with Crippen LogP contribution in [0.3, 0.4) is 0 Å². The van der Waals surface area contributed by atoms with E-state index in [1.165, 1.54) is 6.33 Å². The molecular weight excluding hydrogens is 374 g/mol. The van der Waals surface area contributed by atoms with E-state index in [-0.39, 0.29) is 0 Å². The lowest BCUT2D eigenvalue weighted by Crippen LogP contribution is -1.84. The Hall–Kier alpha value is -4.39. The van der Waals surface area contributed by atoms with Crippen LogP contribution in [0.25, 0.3) is 55.7 Å². The van der Waals surface area contributed by atoms with Crippen molar-refractivity contribution in [3.8, 4) is 33.8 Å². The molecule has 2 N–H and O–H groups in total. The Morgan fingerprint density at radius 2 is 1.70 bits per heavy atom. The monoisotopic (exact) mass is 389 g/mol. The normalized spacial score (nSPS) is 11.3. The second-order valence-corrected chi connectivity index (χ2v) is 6.98. The largest absolute Gasteiger partial charge is 0.338 e. The average molecular weight is 389 g/mol. The molecule has 0 radical (unpaired) electrons. The smallest absolute Gasteiger partial charge is 0.138 e. The number of rotatable bonds is 3. The van der Waals surface area contributed by atoms with Gasteiger partial charge < -0.3 is 4.98 Å². The van der Waals surface area contributed by atoms with Crippen molar-refractivity contribution in [1.82, 2.24) is 35.1 Å². The summed E-state index contributed by atoms with van der Waals surface area (Å²) in [5.41, 5.74) is 7.44. The molecule has 0 fully saturated rings. The van der Waals surface area contributed by atoms with Crippen molar-refractivity contribution in [1.29, 1.82) is 0 Å². The zero-order chi connectivity index (χ0) is 19.9. The second-order valence-electron chi connectivity index (χ2n) is 6.98. The van der Waals surface area contributed by atoms with Gasteiger partial charge in [0.15, 0.2) is 0 Å². The molecule has 142 valence electrons. The minimum Gasteiger partial charge on any atom is -0.338 e. The van der Waals surface area contributed by atoms with Crippen LogP contribution in [-0.4, -0.2) is 35.1 Å². The van der Waals surface area contributed by atoms with Crippen LogP contribution in [0.15, 0.2) is 79.6 Å². The fourth-order valence-electron chi connectivity index (χ4n) is 3.75. The number of benzene rings is 1. The minimum absolute atomic E-state index is 0.803. The summed E-state index contributed by atoms with van der Waals surface area (Å²) in [6, 6.07) is 16.1. The Labute approximate surface area is 170 Å². The van der Waals surface area contributed by atoms with Gasteiger partial charge in [0.25, 0.3) is 0 Å². The molecule has 0 aliphatic carbocycles. The molecule has 5 heterocycles. The van der Waals surface area contributed by atoms with E-state index in [0.717, 1.165) is 55.7 Å². The fraction of sp³-hybridized carbons (Fsp3) is 0. The molecule has 0 atom stereocenters. The third kappa shape index (κ3) is 2.64. The third-order valence-corrected chi connectivity index (χ3v) is 5.18. The van der Waals surface area contributed by atoms with E-state index in [4.69, 9.17) is 0 Å². The van der Waals surface area contributed by atoms with E-state index in [0.29, 0.717) is 0 Å². The highest BCUT2D eigenvalue weighted by molar-refractivity contribution is 6.00. The molecule has 0 aliphatic heterocycles. The van der Waals surface area contributed by atoms with Crippen LogP contribution in [-0.2, 0) is 0 Å². The number of aromatic nitrogens is 7. The van der Waals surface area contributed by atoms with Crippen LogP contribution >= 0.6 is 0 Å². The highest BCUT2D eigenvalue weighted by Crippen LogP contribution is 2.33. The predicted molar refractivity (Wildman–Crippen MR) is 115 cm³/mol. The van der Waals surface area contributed by atoms with E-state index in [9.17, 15) is 0 Å². The Bertz CT molecular complexity index is 1480. The van der Waals surface area contributed by atoms with Crippen LogP contribution in [0.1, 0.15) is 0 Å². The molecule has 0 amide bonds. The van der Waals surface area contributed by atoms with Crippen LogP contribution in [0.5, 0.6) is 0 Å². The summed E-state index contributed by atoms with van der Waals surface area (Å²) in [6.45, 7) is 0. The third-order valence-electron chi connectivity index (χ3n) is 5.18. The summed E-state index contributed by atoms with van der Waals surface area (Å²) in [6.07, 6.45) is 8.73. The lowest BCUT2D eigenvalue weighted by Gasteiger charge is -2.01. The molecule has 6 rings (SSSR count). The van der Waals surface area contributed by atoms with E-state index in [1.807, 2.05) is 36.4 Å². The maximum absolute atomic E-state index is 4.57. The number of nitrogens with one attached hydrogen (secondary N) is 2. The van der Waals surface area contributed by atoms with Crippen LogP contribution in [0, 0.1) is 0 Å². The second kappa shape index (κ2) is 6.59. The number of hydrogen-bond acceptors (Lipinski definition) is 5. The summed E-state index contributed by atoms with van der Waals surface area (Å²) < 4.78 is 0. The van der Waals surface area contributed by atoms with Crippen molar-refractivity contribution in [2.75, 3.05) is 0 Å². The molecule has 0 saturated carbocycles. The van der Waals surface area contributed by atoms with Gasteiger partial charge in [-0.15, -0.1) is 0 Å². The van der Waals surface area contributed by atoms with Gasteiger partial charge in [-0.2, -0.15) is 5.10 Å². The molecule has 0 spiro atoms. The molecular formula is C23H15N7. The van der Waals surface area contributed by atoms with Gasteiger partial charge in [0, 0.05) is 46.7 Å².